The van der Waals surface area contributed by atoms with Crippen molar-refractivity contribution in [3.8, 4) is 0 Å². The first-order chi connectivity index (χ1) is 11.8. The fourth-order valence-electron chi connectivity index (χ4n) is 2.81. The third-order valence-corrected chi connectivity index (χ3v) is 5.97. The van der Waals surface area contributed by atoms with Crippen LogP contribution >= 0.6 is 0 Å². The van der Waals surface area contributed by atoms with E-state index in [9.17, 15) is 13.2 Å². The molecule has 0 spiro atoms. The van der Waals surface area contributed by atoms with Gasteiger partial charge in [-0.1, -0.05) is 26.8 Å². The second-order valence-electron chi connectivity index (χ2n) is 6.83. The molecule has 1 saturated heterocycles. The molecule has 6 nitrogen and oxygen atoms in total. The average Bonchev–Trinajstić information content (AvgIpc) is 2.61. The van der Waals surface area contributed by atoms with Gasteiger partial charge in [0.1, 0.15) is 0 Å². The molecule has 2 rings (SSSR count). The van der Waals surface area contributed by atoms with Crippen LogP contribution in [0.4, 0.5) is 0 Å². The second-order valence-corrected chi connectivity index (χ2v) is 8.60. The Balaban J connectivity index is 2.06. The lowest BCUT2D eigenvalue weighted by atomic mass is 10.1. The molecule has 1 fully saturated rings. The number of benzene rings is 1. The molecular formula is C18H29N3O3S. The van der Waals surface area contributed by atoms with Crippen molar-refractivity contribution >= 4 is 15.9 Å². The van der Waals surface area contributed by atoms with Gasteiger partial charge in [-0.15, -0.1) is 0 Å². The SMILES string of the molecule is CCN1CCN(C(=O)c2cccc(S(=O)(=O)NCCC(C)C)c2)CC1. The molecule has 0 aliphatic carbocycles. The lowest BCUT2D eigenvalue weighted by molar-refractivity contribution is 0.0643. The van der Waals surface area contributed by atoms with Gasteiger partial charge in [0.15, 0.2) is 0 Å². The third kappa shape index (κ3) is 5.52. The summed E-state index contributed by atoms with van der Waals surface area (Å²) in [5.41, 5.74) is 0.427. The summed E-state index contributed by atoms with van der Waals surface area (Å²) in [4.78, 5) is 16.9. The van der Waals surface area contributed by atoms with Gasteiger partial charge in [0, 0.05) is 38.3 Å². The molecule has 0 bridgehead atoms. The molecule has 1 aromatic rings. The number of carbonyl (C=O) groups excluding carboxylic acids is 1. The van der Waals surface area contributed by atoms with E-state index in [0.717, 1.165) is 26.1 Å². The Morgan fingerprint density at radius 1 is 1.20 bits per heavy atom. The molecule has 25 heavy (non-hydrogen) atoms. The first-order valence-corrected chi connectivity index (χ1v) is 10.4. The van der Waals surface area contributed by atoms with Gasteiger partial charge < -0.3 is 9.80 Å². The number of rotatable bonds is 7. The van der Waals surface area contributed by atoms with Crippen LogP contribution in [0.2, 0.25) is 0 Å². The van der Waals surface area contributed by atoms with Crippen LogP contribution in [0.15, 0.2) is 29.2 Å². The maximum atomic E-state index is 12.7. The lowest BCUT2D eigenvalue weighted by Crippen LogP contribution is -2.48. The van der Waals surface area contributed by atoms with Crippen LogP contribution in [-0.2, 0) is 10.0 Å². The Morgan fingerprint density at radius 2 is 1.88 bits per heavy atom. The zero-order valence-corrected chi connectivity index (χ0v) is 16.2. The van der Waals surface area contributed by atoms with E-state index in [1.54, 1.807) is 17.0 Å². The van der Waals surface area contributed by atoms with E-state index in [1.807, 2.05) is 13.8 Å². The zero-order chi connectivity index (χ0) is 18.4. The summed E-state index contributed by atoms with van der Waals surface area (Å²) >= 11 is 0. The Labute approximate surface area is 151 Å². The highest BCUT2D eigenvalue weighted by atomic mass is 32.2. The van der Waals surface area contributed by atoms with Crippen LogP contribution in [-0.4, -0.2) is 63.4 Å². The molecular weight excluding hydrogens is 338 g/mol. The Hall–Kier alpha value is -1.44. The van der Waals surface area contributed by atoms with Gasteiger partial charge >= 0.3 is 0 Å². The molecule has 7 heteroatoms. The lowest BCUT2D eigenvalue weighted by Gasteiger charge is -2.34. The van der Waals surface area contributed by atoms with Gasteiger partial charge in [-0.3, -0.25) is 4.79 Å². The minimum Gasteiger partial charge on any atom is -0.336 e. The summed E-state index contributed by atoms with van der Waals surface area (Å²) in [6.45, 7) is 10.7. The summed E-state index contributed by atoms with van der Waals surface area (Å²) < 4.78 is 27.4. The normalized spacial score (nSPS) is 16.4. The number of sulfonamides is 1. The highest BCUT2D eigenvalue weighted by Crippen LogP contribution is 2.15. The van der Waals surface area contributed by atoms with Gasteiger partial charge in [0.2, 0.25) is 10.0 Å². The number of piperazine rings is 1. The number of carbonyl (C=O) groups is 1. The second kappa shape index (κ2) is 8.78. The standard InChI is InChI=1S/C18H29N3O3S/c1-4-20-10-12-21(13-11-20)18(22)16-6-5-7-17(14-16)25(23,24)19-9-8-15(2)3/h5-7,14-15,19H,4,8-13H2,1-3H3. The molecule has 0 saturated carbocycles. The third-order valence-electron chi connectivity index (χ3n) is 4.51. The highest BCUT2D eigenvalue weighted by molar-refractivity contribution is 7.89. The molecule has 0 atom stereocenters. The van der Waals surface area contributed by atoms with Crippen LogP contribution in [0.1, 0.15) is 37.6 Å². The first kappa shape index (κ1) is 19.9. The monoisotopic (exact) mass is 367 g/mol. The average molecular weight is 368 g/mol. The highest BCUT2D eigenvalue weighted by Gasteiger charge is 2.23. The van der Waals surface area contributed by atoms with Gasteiger partial charge in [-0.05, 0) is 37.1 Å². The fraction of sp³-hybridized carbons (Fsp3) is 0.611. The zero-order valence-electron chi connectivity index (χ0n) is 15.4. The number of amides is 1. The minimum absolute atomic E-state index is 0.102. The smallest absolute Gasteiger partial charge is 0.253 e. The molecule has 1 aliphatic heterocycles. The molecule has 0 unspecified atom stereocenters. The Morgan fingerprint density at radius 3 is 2.48 bits per heavy atom. The van der Waals surface area contributed by atoms with Crippen molar-refractivity contribution < 1.29 is 13.2 Å². The Kier molecular flexibility index (Phi) is 6.98. The van der Waals surface area contributed by atoms with E-state index in [0.29, 0.717) is 31.1 Å². The van der Waals surface area contributed by atoms with E-state index in [1.165, 1.54) is 12.1 Å². The number of hydrogen-bond acceptors (Lipinski definition) is 4. The maximum absolute atomic E-state index is 12.7. The summed E-state index contributed by atoms with van der Waals surface area (Å²) in [5.74, 6) is 0.326. The summed E-state index contributed by atoms with van der Waals surface area (Å²) in [5, 5.41) is 0. The van der Waals surface area contributed by atoms with Crippen LogP contribution in [0.5, 0.6) is 0 Å². The van der Waals surface area contributed by atoms with E-state index < -0.39 is 10.0 Å². The van der Waals surface area contributed by atoms with Gasteiger partial charge in [-0.25, -0.2) is 13.1 Å². The van der Waals surface area contributed by atoms with Gasteiger partial charge in [0.05, 0.1) is 4.90 Å². The predicted octanol–water partition coefficient (Wildman–Crippen LogP) is 1.79. The summed E-state index contributed by atoms with van der Waals surface area (Å²) in [6.07, 6.45) is 0.777. The van der Waals surface area contributed by atoms with Crippen LogP contribution in [0.3, 0.4) is 0 Å². The van der Waals surface area contributed by atoms with E-state index >= 15 is 0 Å². The summed E-state index contributed by atoms with van der Waals surface area (Å²) in [6, 6.07) is 6.32. The van der Waals surface area contributed by atoms with Crippen molar-refractivity contribution in [3.63, 3.8) is 0 Å². The maximum Gasteiger partial charge on any atom is 0.253 e. The van der Waals surface area contributed by atoms with Gasteiger partial charge in [0.25, 0.3) is 5.91 Å². The molecule has 1 aromatic carbocycles. The van der Waals surface area contributed by atoms with E-state index in [4.69, 9.17) is 0 Å². The molecule has 1 amide bonds. The van der Waals surface area contributed by atoms with Gasteiger partial charge in [-0.2, -0.15) is 0 Å². The molecule has 1 aliphatic rings. The predicted molar refractivity (Wildman–Crippen MR) is 99.1 cm³/mol. The van der Waals surface area contributed by atoms with Crippen molar-refractivity contribution in [1.29, 1.82) is 0 Å². The quantitative estimate of drug-likeness (QED) is 0.798. The topological polar surface area (TPSA) is 69.7 Å². The number of nitrogens with zero attached hydrogens (tertiary/aromatic N) is 2. The largest absolute Gasteiger partial charge is 0.336 e. The molecule has 0 aromatic heterocycles. The van der Waals surface area contributed by atoms with Crippen molar-refractivity contribution in [2.45, 2.75) is 32.1 Å². The van der Waals surface area contributed by atoms with Crippen molar-refractivity contribution in [2.75, 3.05) is 39.3 Å². The van der Waals surface area contributed by atoms with Crippen LogP contribution in [0, 0.1) is 5.92 Å². The van der Waals surface area contributed by atoms with Crippen molar-refractivity contribution in [2.24, 2.45) is 5.92 Å². The van der Waals surface area contributed by atoms with Crippen molar-refractivity contribution in [3.05, 3.63) is 29.8 Å². The summed E-state index contributed by atoms with van der Waals surface area (Å²) in [7, 11) is -3.58. The molecule has 140 valence electrons. The van der Waals surface area contributed by atoms with Crippen LogP contribution in [0.25, 0.3) is 0 Å². The fourth-order valence-corrected chi connectivity index (χ4v) is 3.90. The first-order valence-electron chi connectivity index (χ1n) is 8.95. The molecule has 0 radical (unpaired) electrons. The number of hydrogen-bond donors (Lipinski definition) is 1. The number of nitrogens with one attached hydrogen (secondary N) is 1. The Bertz CT molecular complexity index is 681. The van der Waals surface area contributed by atoms with Crippen LogP contribution < -0.4 is 4.72 Å². The number of likely N-dealkylation sites (N-methyl/N-ethyl adjacent to an activating group) is 1. The minimum atomic E-state index is -3.58. The molecule has 1 heterocycles. The molecule has 1 N–H and O–H groups in total. The van der Waals surface area contributed by atoms with Crippen molar-refractivity contribution in [1.82, 2.24) is 14.5 Å². The van der Waals surface area contributed by atoms with E-state index in [2.05, 4.69) is 16.5 Å². The van der Waals surface area contributed by atoms with E-state index in [-0.39, 0.29) is 10.8 Å².